The molecule has 1 aliphatic heterocycles. The summed E-state index contributed by atoms with van der Waals surface area (Å²) in [6.45, 7) is 0.683. The quantitative estimate of drug-likeness (QED) is 0.602. The van der Waals surface area contributed by atoms with Gasteiger partial charge in [0.2, 0.25) is 0 Å². The highest BCUT2D eigenvalue weighted by molar-refractivity contribution is 7.03. The first-order valence-corrected chi connectivity index (χ1v) is 5.61. The van der Waals surface area contributed by atoms with Crippen molar-refractivity contribution >= 4 is 11.5 Å². The summed E-state index contributed by atoms with van der Waals surface area (Å²) in [5, 5.41) is 5.91. The highest BCUT2D eigenvalue weighted by atomic mass is 32.1. The fourth-order valence-corrected chi connectivity index (χ4v) is 1.70. The highest BCUT2D eigenvalue weighted by Crippen LogP contribution is 2.22. The van der Waals surface area contributed by atoms with E-state index < -0.39 is 0 Å². The first-order chi connectivity index (χ1) is 7.92. The first kappa shape index (κ1) is 9.35. The van der Waals surface area contributed by atoms with Gasteiger partial charge < -0.3 is 9.47 Å². The monoisotopic (exact) mass is 232 g/mol. The summed E-state index contributed by atoms with van der Waals surface area (Å²) < 4.78 is 14.1. The molecule has 5 heteroatoms. The van der Waals surface area contributed by atoms with Crippen LogP contribution in [-0.4, -0.2) is 16.2 Å². The average Bonchev–Trinajstić information content (AvgIpc) is 3.00. The highest BCUT2D eigenvalue weighted by Gasteiger charge is 2.12. The van der Waals surface area contributed by atoms with Gasteiger partial charge in [0.15, 0.2) is 5.76 Å². The predicted molar refractivity (Wildman–Crippen MR) is 60.0 cm³/mol. The molecule has 4 nitrogen and oxygen atoms in total. The molecule has 0 radical (unpaired) electrons. The minimum absolute atomic E-state index is 0.683. The molecule has 0 N–H and O–H groups in total. The van der Waals surface area contributed by atoms with E-state index in [2.05, 4.69) is 9.59 Å². The van der Waals surface area contributed by atoms with E-state index in [0.717, 1.165) is 22.8 Å². The molecule has 0 unspecified atom stereocenters. The van der Waals surface area contributed by atoms with Gasteiger partial charge >= 0.3 is 0 Å². The van der Waals surface area contributed by atoms with E-state index in [4.69, 9.17) is 9.47 Å². The maximum atomic E-state index is 5.38. The minimum Gasteiger partial charge on any atom is -0.483 e. The number of aromatic nitrogens is 2. The molecule has 0 bridgehead atoms. The number of hydrogen-bond acceptors (Lipinski definition) is 5. The molecule has 0 atom stereocenters. The summed E-state index contributed by atoms with van der Waals surface area (Å²) in [5.74, 6) is 1.67. The van der Waals surface area contributed by atoms with E-state index in [-0.39, 0.29) is 0 Å². The molecule has 80 valence electrons. The van der Waals surface area contributed by atoms with Crippen LogP contribution in [0.5, 0.6) is 5.75 Å². The number of ether oxygens (including phenoxy) is 2. The van der Waals surface area contributed by atoms with Crippen LogP contribution in [0.25, 0.3) is 11.3 Å². The molecule has 2 heterocycles. The fourth-order valence-electron chi connectivity index (χ4n) is 1.24. The lowest BCUT2D eigenvalue weighted by molar-refractivity contribution is 0.450. The van der Waals surface area contributed by atoms with Gasteiger partial charge in [-0.3, -0.25) is 0 Å². The smallest absolute Gasteiger partial charge is 0.169 e. The number of hydrogen-bond donors (Lipinski definition) is 0. The lowest BCUT2D eigenvalue weighted by Crippen LogP contribution is -1.83. The molecule has 0 aliphatic carbocycles. The first-order valence-electron chi connectivity index (χ1n) is 4.78. The Hall–Kier alpha value is -1.88. The topological polar surface area (TPSA) is 47.5 Å². The lowest BCUT2D eigenvalue weighted by atomic mass is 10.2. The Morgan fingerprint density at radius 3 is 2.75 bits per heavy atom. The number of benzene rings is 1. The molecule has 0 amide bonds. The van der Waals surface area contributed by atoms with Crippen molar-refractivity contribution in [2.45, 2.75) is 0 Å². The van der Waals surface area contributed by atoms with Crippen LogP contribution in [0.3, 0.4) is 0 Å². The molecule has 2 aromatic rings. The molecular formula is C11H8N2O2S. The van der Waals surface area contributed by atoms with E-state index in [1.54, 1.807) is 6.26 Å². The normalized spacial score (nSPS) is 15.9. The molecule has 1 fully saturated rings. The second-order valence-electron chi connectivity index (χ2n) is 3.31. The summed E-state index contributed by atoms with van der Waals surface area (Å²) in [5.41, 5.74) is 1.93. The zero-order valence-electron chi connectivity index (χ0n) is 8.29. The Labute approximate surface area is 96.3 Å². The second kappa shape index (κ2) is 3.94. The van der Waals surface area contributed by atoms with Gasteiger partial charge in [-0.1, -0.05) is 4.49 Å². The van der Waals surface area contributed by atoms with Crippen molar-refractivity contribution in [3.05, 3.63) is 41.7 Å². The van der Waals surface area contributed by atoms with Crippen molar-refractivity contribution in [3.8, 4) is 17.0 Å². The van der Waals surface area contributed by atoms with Crippen LogP contribution in [0.15, 0.2) is 41.7 Å². The van der Waals surface area contributed by atoms with Gasteiger partial charge in [0.1, 0.15) is 24.3 Å². The van der Waals surface area contributed by atoms with Crippen molar-refractivity contribution in [1.82, 2.24) is 9.59 Å². The van der Waals surface area contributed by atoms with E-state index in [1.165, 1.54) is 11.5 Å². The maximum absolute atomic E-state index is 5.38. The third-order valence-corrected chi connectivity index (χ3v) is 2.65. The number of nitrogens with zero attached hydrogens (tertiary/aromatic N) is 2. The van der Waals surface area contributed by atoms with Gasteiger partial charge in [0.25, 0.3) is 0 Å². The summed E-state index contributed by atoms with van der Waals surface area (Å²) in [7, 11) is 0. The zero-order valence-corrected chi connectivity index (χ0v) is 9.11. The minimum atomic E-state index is 0.683. The molecular weight excluding hydrogens is 224 g/mol. The number of epoxide rings is 1. The van der Waals surface area contributed by atoms with Crippen LogP contribution in [0.2, 0.25) is 0 Å². The Morgan fingerprint density at radius 2 is 2.12 bits per heavy atom. The van der Waals surface area contributed by atoms with Gasteiger partial charge in [0.05, 0.1) is 0 Å². The molecule has 1 aliphatic rings. The van der Waals surface area contributed by atoms with E-state index >= 15 is 0 Å². The van der Waals surface area contributed by atoms with Crippen molar-refractivity contribution in [2.24, 2.45) is 0 Å². The molecule has 1 saturated heterocycles. The molecule has 0 spiro atoms. The van der Waals surface area contributed by atoms with Crippen molar-refractivity contribution in [2.75, 3.05) is 6.61 Å². The zero-order chi connectivity index (χ0) is 10.8. The Balaban J connectivity index is 1.76. The summed E-state index contributed by atoms with van der Waals surface area (Å²) in [4.78, 5) is 0. The fraction of sp³-hybridized carbons (Fsp3) is 0.0909. The van der Waals surface area contributed by atoms with Crippen LogP contribution < -0.4 is 4.74 Å². The largest absolute Gasteiger partial charge is 0.483 e. The predicted octanol–water partition coefficient (Wildman–Crippen LogP) is 2.46. The van der Waals surface area contributed by atoms with Crippen molar-refractivity contribution in [1.29, 1.82) is 0 Å². The van der Waals surface area contributed by atoms with Crippen molar-refractivity contribution < 1.29 is 9.47 Å². The Bertz CT molecular complexity index is 499. The van der Waals surface area contributed by atoms with Crippen LogP contribution >= 0.6 is 11.5 Å². The van der Waals surface area contributed by atoms with Crippen LogP contribution in [0.4, 0.5) is 0 Å². The summed E-state index contributed by atoms with van der Waals surface area (Å²) in [6.07, 6.45) is 1.62. The standard InChI is InChI=1S/C11H8N2O2S/c1-3-9(14-5-10-6-15-10)4-2-8(1)11-7-16-13-12-11/h1-5,7H,6H2. The van der Waals surface area contributed by atoms with Crippen LogP contribution in [-0.2, 0) is 4.74 Å². The maximum Gasteiger partial charge on any atom is 0.169 e. The molecule has 1 aromatic heterocycles. The van der Waals surface area contributed by atoms with Gasteiger partial charge in [-0.2, -0.15) is 0 Å². The van der Waals surface area contributed by atoms with E-state index in [1.807, 2.05) is 29.6 Å². The third-order valence-electron chi connectivity index (χ3n) is 2.15. The lowest BCUT2D eigenvalue weighted by Gasteiger charge is -2.00. The Morgan fingerprint density at radius 1 is 1.31 bits per heavy atom. The third kappa shape index (κ3) is 2.04. The molecule has 3 rings (SSSR count). The van der Waals surface area contributed by atoms with Gasteiger partial charge in [-0.15, -0.1) is 5.10 Å². The van der Waals surface area contributed by atoms with Gasteiger partial charge in [-0.05, 0) is 35.8 Å². The second-order valence-corrected chi connectivity index (χ2v) is 3.92. The van der Waals surface area contributed by atoms with Crippen LogP contribution in [0.1, 0.15) is 0 Å². The SMILES string of the molecule is C(Oc1ccc(-c2csnn2)cc1)=C1CO1. The summed E-state index contributed by atoms with van der Waals surface area (Å²) in [6, 6.07) is 7.71. The van der Waals surface area contributed by atoms with Crippen LogP contribution in [0, 0.1) is 0 Å². The van der Waals surface area contributed by atoms with E-state index in [9.17, 15) is 0 Å². The van der Waals surface area contributed by atoms with E-state index in [0.29, 0.717) is 6.61 Å². The molecule has 1 aromatic carbocycles. The Kier molecular flexibility index (Phi) is 2.30. The number of rotatable bonds is 3. The molecule has 16 heavy (non-hydrogen) atoms. The van der Waals surface area contributed by atoms with Gasteiger partial charge in [0, 0.05) is 10.9 Å². The van der Waals surface area contributed by atoms with Gasteiger partial charge in [-0.25, -0.2) is 0 Å². The molecule has 0 saturated carbocycles. The summed E-state index contributed by atoms with van der Waals surface area (Å²) >= 11 is 1.34. The van der Waals surface area contributed by atoms with Crippen molar-refractivity contribution in [3.63, 3.8) is 0 Å². The average molecular weight is 232 g/mol.